The van der Waals surface area contributed by atoms with Crippen LogP contribution in [0.25, 0.3) is 0 Å². The van der Waals surface area contributed by atoms with Crippen LogP contribution in [-0.4, -0.2) is 28.8 Å². The van der Waals surface area contributed by atoms with Crippen LogP contribution < -0.4 is 14.8 Å². The fraction of sp³-hybridized carbons (Fsp3) is 0.438. The molecule has 122 valence electrons. The molecule has 0 radical (unpaired) electrons. The first-order chi connectivity index (χ1) is 11.2. The van der Waals surface area contributed by atoms with Crippen LogP contribution in [0.4, 0.5) is 5.13 Å². The van der Waals surface area contributed by atoms with Gasteiger partial charge in [-0.1, -0.05) is 37.3 Å². The van der Waals surface area contributed by atoms with E-state index in [9.17, 15) is 4.79 Å². The predicted octanol–water partition coefficient (Wildman–Crippen LogP) is 3.22. The molecule has 1 amide bonds. The lowest BCUT2D eigenvalue weighted by atomic mass is 10.1. The van der Waals surface area contributed by atoms with E-state index >= 15 is 0 Å². The van der Waals surface area contributed by atoms with E-state index < -0.39 is 6.10 Å². The zero-order chi connectivity index (χ0) is 16.2. The number of hydrogen-bond acceptors (Lipinski definition) is 6. The Morgan fingerprint density at radius 1 is 1.30 bits per heavy atom. The van der Waals surface area contributed by atoms with E-state index in [2.05, 4.69) is 29.4 Å². The summed E-state index contributed by atoms with van der Waals surface area (Å²) in [5, 5.41) is 12.4. The number of rotatable bonds is 5. The molecule has 3 rings (SSSR count). The predicted molar refractivity (Wildman–Crippen MR) is 88.2 cm³/mol. The molecule has 1 atom stereocenters. The minimum atomic E-state index is -0.689. The second-order valence-corrected chi connectivity index (χ2v) is 6.32. The molecule has 1 aliphatic rings. The Morgan fingerprint density at radius 2 is 2.04 bits per heavy atom. The number of anilines is 1. The number of nitrogens with zero attached hydrogens (tertiary/aromatic N) is 2. The van der Waals surface area contributed by atoms with E-state index in [-0.39, 0.29) is 12.5 Å². The topological polar surface area (TPSA) is 73.3 Å². The largest absolute Gasteiger partial charge is 0.485 e. The van der Waals surface area contributed by atoms with Crippen LogP contribution in [-0.2, 0) is 4.79 Å². The van der Waals surface area contributed by atoms with E-state index in [0.29, 0.717) is 22.5 Å². The number of para-hydroxylation sites is 2. The number of carbonyl (C=O) groups is 1. The molecule has 1 aliphatic heterocycles. The zero-order valence-electron chi connectivity index (χ0n) is 13.1. The van der Waals surface area contributed by atoms with Crippen LogP contribution in [0.3, 0.4) is 0 Å². The maximum atomic E-state index is 12.3. The highest BCUT2D eigenvalue weighted by molar-refractivity contribution is 7.15. The third kappa shape index (κ3) is 3.44. The van der Waals surface area contributed by atoms with Gasteiger partial charge >= 0.3 is 0 Å². The van der Waals surface area contributed by atoms with Crippen molar-refractivity contribution in [1.29, 1.82) is 0 Å². The standard InChI is InChI=1S/C16H19N3O3S/c1-3-10(4-2)15-18-19-16(23-15)17-14(20)13-9-21-11-7-5-6-8-12(11)22-13/h5-8,10,13H,3-4,9H2,1-2H3,(H,17,19,20)/t13-/m0/s1. The number of aromatic nitrogens is 2. The Balaban J connectivity index is 1.64. The van der Waals surface area contributed by atoms with Crippen molar-refractivity contribution in [3.63, 3.8) is 0 Å². The molecule has 0 spiro atoms. The molecule has 0 saturated carbocycles. The molecule has 1 aromatic heterocycles. The van der Waals surface area contributed by atoms with Gasteiger partial charge in [-0.05, 0) is 25.0 Å². The van der Waals surface area contributed by atoms with Gasteiger partial charge in [0.15, 0.2) is 11.5 Å². The number of ether oxygens (including phenoxy) is 2. The van der Waals surface area contributed by atoms with Crippen LogP contribution in [0.5, 0.6) is 11.5 Å². The summed E-state index contributed by atoms with van der Waals surface area (Å²) < 4.78 is 11.2. The van der Waals surface area contributed by atoms with Crippen LogP contribution in [0, 0.1) is 0 Å². The summed E-state index contributed by atoms with van der Waals surface area (Å²) in [5.41, 5.74) is 0. The summed E-state index contributed by atoms with van der Waals surface area (Å²) in [7, 11) is 0. The van der Waals surface area contributed by atoms with Gasteiger partial charge in [-0.2, -0.15) is 0 Å². The van der Waals surface area contributed by atoms with Crippen LogP contribution >= 0.6 is 11.3 Å². The van der Waals surface area contributed by atoms with Crippen molar-refractivity contribution < 1.29 is 14.3 Å². The van der Waals surface area contributed by atoms with Crippen molar-refractivity contribution in [2.24, 2.45) is 0 Å². The average Bonchev–Trinajstić information content (AvgIpc) is 3.04. The molecular formula is C16H19N3O3S. The summed E-state index contributed by atoms with van der Waals surface area (Å²) in [6.45, 7) is 4.43. The Kier molecular flexibility index (Phi) is 4.76. The minimum Gasteiger partial charge on any atom is -0.485 e. The van der Waals surface area contributed by atoms with Gasteiger partial charge in [-0.3, -0.25) is 10.1 Å². The molecular weight excluding hydrogens is 314 g/mol. The Morgan fingerprint density at radius 3 is 2.78 bits per heavy atom. The average molecular weight is 333 g/mol. The van der Waals surface area contributed by atoms with Gasteiger partial charge in [-0.25, -0.2) is 0 Å². The van der Waals surface area contributed by atoms with Crippen LogP contribution in [0.2, 0.25) is 0 Å². The Hall–Kier alpha value is -2.15. The van der Waals surface area contributed by atoms with E-state index in [4.69, 9.17) is 9.47 Å². The SMILES string of the molecule is CCC(CC)c1nnc(NC(=O)[C@@H]2COc3ccccc3O2)s1. The summed E-state index contributed by atoms with van der Waals surface area (Å²) in [6, 6.07) is 7.30. The number of hydrogen-bond donors (Lipinski definition) is 1. The van der Waals surface area contributed by atoms with E-state index in [1.807, 2.05) is 18.2 Å². The van der Waals surface area contributed by atoms with E-state index in [1.165, 1.54) is 11.3 Å². The maximum absolute atomic E-state index is 12.3. The quantitative estimate of drug-likeness (QED) is 0.909. The maximum Gasteiger partial charge on any atom is 0.270 e. The molecule has 2 heterocycles. The van der Waals surface area contributed by atoms with Gasteiger partial charge in [-0.15, -0.1) is 10.2 Å². The van der Waals surface area contributed by atoms with Crippen molar-refractivity contribution in [1.82, 2.24) is 10.2 Å². The number of nitrogens with one attached hydrogen (secondary N) is 1. The second kappa shape index (κ2) is 6.95. The first-order valence-corrected chi connectivity index (χ1v) is 8.55. The summed E-state index contributed by atoms with van der Waals surface area (Å²) in [4.78, 5) is 12.3. The molecule has 0 saturated heterocycles. The van der Waals surface area contributed by atoms with Crippen molar-refractivity contribution in [2.45, 2.75) is 38.7 Å². The molecule has 0 bridgehead atoms. The van der Waals surface area contributed by atoms with Gasteiger partial charge in [0.2, 0.25) is 11.2 Å². The third-order valence-corrected chi connectivity index (χ3v) is 4.81. The fourth-order valence-electron chi connectivity index (χ4n) is 2.42. The molecule has 23 heavy (non-hydrogen) atoms. The number of benzene rings is 1. The van der Waals surface area contributed by atoms with Crippen molar-refractivity contribution in [3.8, 4) is 11.5 Å². The second-order valence-electron chi connectivity index (χ2n) is 5.31. The zero-order valence-corrected chi connectivity index (χ0v) is 13.9. The summed E-state index contributed by atoms with van der Waals surface area (Å²) in [6.07, 6.45) is 1.33. The van der Waals surface area contributed by atoms with E-state index in [1.54, 1.807) is 6.07 Å². The first kappa shape index (κ1) is 15.7. The molecule has 0 aliphatic carbocycles. The molecule has 7 heteroatoms. The van der Waals surface area contributed by atoms with Crippen LogP contribution in [0.1, 0.15) is 37.6 Å². The molecule has 0 fully saturated rings. The fourth-order valence-corrected chi connectivity index (χ4v) is 3.44. The minimum absolute atomic E-state index is 0.182. The smallest absolute Gasteiger partial charge is 0.270 e. The highest BCUT2D eigenvalue weighted by Crippen LogP contribution is 2.32. The third-order valence-electron chi connectivity index (χ3n) is 3.81. The lowest BCUT2D eigenvalue weighted by molar-refractivity contribution is -0.125. The van der Waals surface area contributed by atoms with Gasteiger partial charge in [0.25, 0.3) is 5.91 Å². The molecule has 6 nitrogen and oxygen atoms in total. The lowest BCUT2D eigenvalue weighted by Gasteiger charge is -2.25. The first-order valence-electron chi connectivity index (χ1n) is 7.74. The molecule has 0 unspecified atom stereocenters. The summed E-state index contributed by atoms with van der Waals surface area (Å²) in [5.74, 6) is 1.35. The van der Waals surface area contributed by atoms with Crippen LogP contribution in [0.15, 0.2) is 24.3 Å². The monoisotopic (exact) mass is 333 g/mol. The number of carbonyl (C=O) groups excluding carboxylic acids is 1. The molecule has 2 aromatic rings. The van der Waals surface area contributed by atoms with E-state index in [0.717, 1.165) is 17.8 Å². The highest BCUT2D eigenvalue weighted by Gasteiger charge is 2.28. The van der Waals surface area contributed by atoms with Crippen molar-refractivity contribution in [2.75, 3.05) is 11.9 Å². The van der Waals surface area contributed by atoms with Gasteiger partial charge < -0.3 is 9.47 Å². The summed E-state index contributed by atoms with van der Waals surface area (Å²) >= 11 is 1.42. The number of amides is 1. The number of fused-ring (bicyclic) bond motifs is 1. The van der Waals surface area contributed by atoms with Gasteiger partial charge in [0.05, 0.1) is 0 Å². The Bertz CT molecular complexity index is 685. The normalized spacial score (nSPS) is 16.4. The molecule has 1 aromatic carbocycles. The molecule has 1 N–H and O–H groups in total. The highest BCUT2D eigenvalue weighted by atomic mass is 32.1. The van der Waals surface area contributed by atoms with Gasteiger partial charge in [0, 0.05) is 5.92 Å². The van der Waals surface area contributed by atoms with Gasteiger partial charge in [0.1, 0.15) is 11.6 Å². The van der Waals surface area contributed by atoms with Crippen molar-refractivity contribution in [3.05, 3.63) is 29.3 Å². The van der Waals surface area contributed by atoms with Crippen molar-refractivity contribution >= 4 is 22.4 Å². The Labute approximate surface area is 138 Å². The lowest BCUT2D eigenvalue weighted by Crippen LogP contribution is -2.40.